The molecule has 0 saturated heterocycles. The zero-order valence-corrected chi connectivity index (χ0v) is 14.6. The minimum Gasteiger partial charge on any atom is -0.356 e. The molecular formula is C17H22F3N3O3. The Labute approximate surface area is 149 Å². The predicted octanol–water partition coefficient (Wildman–Crippen LogP) is 3.30. The Morgan fingerprint density at radius 1 is 0.923 bits per heavy atom. The second-order valence-electron chi connectivity index (χ2n) is 5.78. The lowest BCUT2D eigenvalue weighted by atomic mass is 10.1. The van der Waals surface area contributed by atoms with E-state index < -0.39 is 23.6 Å². The lowest BCUT2D eigenvalue weighted by Gasteiger charge is -2.15. The smallest absolute Gasteiger partial charge is 0.356 e. The van der Waals surface area contributed by atoms with Gasteiger partial charge in [-0.3, -0.25) is 14.4 Å². The minimum atomic E-state index is -4.56. The number of carbonyl (C=O) groups excluding carboxylic acids is 3. The van der Waals surface area contributed by atoms with Gasteiger partial charge in [-0.2, -0.15) is 13.2 Å². The topological polar surface area (TPSA) is 87.3 Å². The maximum Gasteiger partial charge on any atom is 0.416 e. The molecule has 0 spiro atoms. The lowest BCUT2D eigenvalue weighted by molar-refractivity contribution is -0.137. The van der Waals surface area contributed by atoms with E-state index in [-0.39, 0.29) is 23.7 Å². The van der Waals surface area contributed by atoms with Crippen molar-refractivity contribution in [3.05, 3.63) is 23.8 Å². The van der Waals surface area contributed by atoms with Crippen LogP contribution < -0.4 is 16.0 Å². The molecule has 6 nitrogen and oxygen atoms in total. The van der Waals surface area contributed by atoms with Crippen molar-refractivity contribution in [2.75, 3.05) is 17.2 Å². The van der Waals surface area contributed by atoms with Crippen LogP contribution >= 0.6 is 0 Å². The highest BCUT2D eigenvalue weighted by atomic mass is 19.4. The highest BCUT2D eigenvalue weighted by Gasteiger charge is 2.31. The average molecular weight is 373 g/mol. The number of benzene rings is 1. The average Bonchev–Trinajstić information content (AvgIpc) is 2.50. The summed E-state index contributed by atoms with van der Waals surface area (Å²) in [4.78, 5) is 33.9. The van der Waals surface area contributed by atoms with Gasteiger partial charge in [-0.1, -0.05) is 6.42 Å². The van der Waals surface area contributed by atoms with Crippen molar-refractivity contribution in [1.29, 1.82) is 0 Å². The largest absolute Gasteiger partial charge is 0.416 e. The fourth-order valence-corrected chi connectivity index (χ4v) is 2.19. The summed E-state index contributed by atoms with van der Waals surface area (Å²) < 4.78 is 38.5. The molecule has 0 unspecified atom stereocenters. The highest BCUT2D eigenvalue weighted by Crippen LogP contribution is 2.34. The molecule has 9 heteroatoms. The fraction of sp³-hybridized carbons (Fsp3) is 0.471. The lowest BCUT2D eigenvalue weighted by Crippen LogP contribution is -2.20. The van der Waals surface area contributed by atoms with E-state index in [0.717, 1.165) is 18.2 Å². The monoisotopic (exact) mass is 373 g/mol. The van der Waals surface area contributed by atoms with Gasteiger partial charge in [0.25, 0.3) is 0 Å². The Kier molecular flexibility index (Phi) is 8.08. The predicted molar refractivity (Wildman–Crippen MR) is 91.5 cm³/mol. The molecule has 1 aromatic carbocycles. The van der Waals surface area contributed by atoms with Gasteiger partial charge in [0.1, 0.15) is 0 Å². The third-order valence-electron chi connectivity index (χ3n) is 3.39. The first-order chi connectivity index (χ1) is 12.1. The number of hydrogen-bond acceptors (Lipinski definition) is 3. The molecule has 1 rings (SSSR count). The van der Waals surface area contributed by atoms with Crippen molar-refractivity contribution in [3.8, 4) is 0 Å². The third-order valence-corrected chi connectivity index (χ3v) is 3.39. The van der Waals surface area contributed by atoms with Crippen molar-refractivity contribution in [2.24, 2.45) is 0 Å². The van der Waals surface area contributed by atoms with Crippen LogP contribution in [-0.4, -0.2) is 24.3 Å². The van der Waals surface area contributed by atoms with E-state index in [2.05, 4.69) is 16.0 Å². The molecule has 3 amide bonds. The van der Waals surface area contributed by atoms with Crippen LogP contribution in [0.2, 0.25) is 0 Å². The molecule has 1 aromatic rings. The van der Waals surface area contributed by atoms with Crippen LogP contribution in [0.25, 0.3) is 0 Å². The summed E-state index contributed by atoms with van der Waals surface area (Å²) >= 11 is 0. The Morgan fingerprint density at radius 3 is 2.19 bits per heavy atom. The molecule has 0 bridgehead atoms. The van der Waals surface area contributed by atoms with E-state index in [9.17, 15) is 27.6 Å². The van der Waals surface area contributed by atoms with Gasteiger partial charge in [-0.15, -0.1) is 0 Å². The van der Waals surface area contributed by atoms with Gasteiger partial charge in [0.05, 0.1) is 16.9 Å². The SMILES string of the molecule is CC(=O)NCCCCCC(=O)Nc1cc(C(F)(F)F)ccc1NC(C)=O. The molecule has 0 radical (unpaired) electrons. The Hall–Kier alpha value is -2.58. The number of rotatable bonds is 8. The molecule has 26 heavy (non-hydrogen) atoms. The number of anilines is 2. The van der Waals surface area contributed by atoms with Gasteiger partial charge in [0.15, 0.2) is 0 Å². The number of carbonyl (C=O) groups is 3. The van der Waals surface area contributed by atoms with Crippen LogP contribution in [0.3, 0.4) is 0 Å². The van der Waals surface area contributed by atoms with Crippen molar-refractivity contribution >= 4 is 29.1 Å². The molecule has 3 N–H and O–H groups in total. The standard InChI is InChI=1S/C17H22F3N3O3/c1-11(24)21-9-5-3-4-6-16(26)23-15-10-13(17(18,19)20)7-8-14(15)22-12(2)25/h7-8,10H,3-6,9H2,1-2H3,(H,21,24)(H,22,25)(H,23,26). The summed E-state index contributed by atoms with van der Waals surface area (Å²) in [6, 6.07) is 2.73. The van der Waals surface area contributed by atoms with Crippen LogP contribution in [0.15, 0.2) is 18.2 Å². The van der Waals surface area contributed by atoms with E-state index in [1.807, 2.05) is 0 Å². The highest BCUT2D eigenvalue weighted by molar-refractivity contribution is 5.99. The minimum absolute atomic E-state index is 0.0988. The number of alkyl halides is 3. The summed E-state index contributed by atoms with van der Waals surface area (Å²) in [7, 11) is 0. The van der Waals surface area contributed by atoms with Crippen molar-refractivity contribution in [2.45, 2.75) is 45.7 Å². The van der Waals surface area contributed by atoms with Gasteiger partial charge in [-0.05, 0) is 31.0 Å². The second-order valence-corrected chi connectivity index (χ2v) is 5.78. The summed E-state index contributed by atoms with van der Waals surface area (Å²) in [5.74, 6) is -1.04. The number of hydrogen-bond donors (Lipinski definition) is 3. The first kappa shape index (κ1) is 21.5. The summed E-state index contributed by atoms with van der Waals surface area (Å²) in [5, 5.41) is 7.44. The van der Waals surface area contributed by atoms with Gasteiger partial charge in [0, 0.05) is 26.8 Å². The summed E-state index contributed by atoms with van der Waals surface area (Å²) in [5.41, 5.74) is -0.917. The quantitative estimate of drug-likeness (QED) is 0.611. The second kappa shape index (κ2) is 9.79. The van der Waals surface area contributed by atoms with Gasteiger partial charge in [0.2, 0.25) is 17.7 Å². The molecule has 0 aliphatic carbocycles. The van der Waals surface area contributed by atoms with Crippen LogP contribution in [0.4, 0.5) is 24.5 Å². The van der Waals surface area contributed by atoms with Gasteiger partial charge < -0.3 is 16.0 Å². The van der Waals surface area contributed by atoms with E-state index in [1.165, 1.54) is 13.8 Å². The van der Waals surface area contributed by atoms with Gasteiger partial charge in [-0.25, -0.2) is 0 Å². The molecule has 0 heterocycles. The number of nitrogens with one attached hydrogen (secondary N) is 3. The molecule has 0 aromatic heterocycles. The van der Waals surface area contributed by atoms with Crippen molar-refractivity contribution < 1.29 is 27.6 Å². The van der Waals surface area contributed by atoms with Crippen LogP contribution in [0, 0.1) is 0 Å². The molecular weight excluding hydrogens is 351 g/mol. The Morgan fingerprint density at radius 2 is 1.62 bits per heavy atom. The van der Waals surface area contributed by atoms with Gasteiger partial charge >= 0.3 is 6.18 Å². The number of unbranched alkanes of at least 4 members (excludes halogenated alkanes) is 2. The number of halogens is 3. The van der Waals surface area contributed by atoms with Crippen LogP contribution in [0.1, 0.15) is 45.1 Å². The summed E-state index contributed by atoms with van der Waals surface area (Å²) in [6.07, 6.45) is -2.52. The fourth-order valence-electron chi connectivity index (χ4n) is 2.19. The maximum absolute atomic E-state index is 12.8. The van der Waals surface area contributed by atoms with Crippen molar-refractivity contribution in [1.82, 2.24) is 5.32 Å². The maximum atomic E-state index is 12.8. The van der Waals surface area contributed by atoms with E-state index in [4.69, 9.17) is 0 Å². The van der Waals surface area contributed by atoms with Crippen molar-refractivity contribution in [3.63, 3.8) is 0 Å². The molecule has 0 atom stereocenters. The van der Waals surface area contributed by atoms with Crippen LogP contribution in [-0.2, 0) is 20.6 Å². The number of amides is 3. The zero-order valence-electron chi connectivity index (χ0n) is 14.6. The van der Waals surface area contributed by atoms with E-state index in [1.54, 1.807) is 0 Å². The molecule has 0 saturated carbocycles. The first-order valence-electron chi connectivity index (χ1n) is 8.12. The molecule has 0 aliphatic heterocycles. The normalized spacial score (nSPS) is 11.0. The Balaban J connectivity index is 2.66. The van der Waals surface area contributed by atoms with E-state index >= 15 is 0 Å². The molecule has 0 fully saturated rings. The first-order valence-corrected chi connectivity index (χ1v) is 8.12. The molecule has 0 aliphatic rings. The summed E-state index contributed by atoms with van der Waals surface area (Å²) in [6.45, 7) is 3.14. The molecule has 144 valence electrons. The zero-order chi connectivity index (χ0) is 19.7. The third kappa shape index (κ3) is 8.00. The Bertz CT molecular complexity index is 660. The van der Waals surface area contributed by atoms with E-state index in [0.29, 0.717) is 25.8 Å². The van der Waals surface area contributed by atoms with Crippen LogP contribution in [0.5, 0.6) is 0 Å².